The van der Waals surface area contributed by atoms with Gasteiger partial charge in [-0.25, -0.2) is 0 Å². The molecule has 1 nitrogen and oxygen atoms in total. The summed E-state index contributed by atoms with van der Waals surface area (Å²) in [7, 11) is -1.46. The lowest BCUT2D eigenvalue weighted by Crippen LogP contribution is -2.56. The van der Waals surface area contributed by atoms with E-state index in [2.05, 4.69) is 32.6 Å². The largest absolute Gasteiger partial charge is 0.393 e. The molecule has 0 saturated heterocycles. The fourth-order valence-electron chi connectivity index (χ4n) is 3.49. The molecular formula is C14H26OSi. The summed E-state index contributed by atoms with van der Waals surface area (Å²) in [6.45, 7) is 9.21. The minimum Gasteiger partial charge on any atom is -0.393 e. The Kier molecular flexibility index (Phi) is 3.08. The van der Waals surface area contributed by atoms with Gasteiger partial charge in [0, 0.05) is 0 Å². The van der Waals surface area contributed by atoms with Crippen LogP contribution in [-0.4, -0.2) is 18.4 Å². The Bertz CT molecular complexity index is 302. The second-order valence-corrected chi connectivity index (χ2v) is 12.3. The van der Waals surface area contributed by atoms with Crippen molar-refractivity contribution in [3.8, 4) is 0 Å². The number of aliphatic hydroxyl groups is 1. The zero-order valence-electron chi connectivity index (χ0n) is 11.2. The van der Waals surface area contributed by atoms with Gasteiger partial charge in [0.2, 0.25) is 0 Å². The zero-order chi connectivity index (χ0) is 12.0. The van der Waals surface area contributed by atoms with E-state index in [0.29, 0.717) is 5.92 Å². The van der Waals surface area contributed by atoms with Gasteiger partial charge in [-0.2, -0.15) is 0 Å². The second kappa shape index (κ2) is 3.99. The first kappa shape index (κ1) is 12.4. The summed E-state index contributed by atoms with van der Waals surface area (Å²) in [5, 5.41) is 10.6. The van der Waals surface area contributed by atoms with Crippen LogP contribution in [0.5, 0.6) is 0 Å². The molecule has 3 atom stereocenters. The minimum absolute atomic E-state index is 0.319. The van der Waals surface area contributed by atoms with Gasteiger partial charge in [-0.3, -0.25) is 0 Å². The Labute approximate surface area is 101 Å². The Hall–Kier alpha value is -0.0831. The fraction of sp³-hybridized carbons (Fsp3) is 0.857. The van der Waals surface area contributed by atoms with Crippen LogP contribution in [0.15, 0.2) is 11.6 Å². The molecule has 0 amide bonds. The molecule has 1 N–H and O–H groups in total. The van der Waals surface area contributed by atoms with Crippen LogP contribution in [0.4, 0.5) is 0 Å². The van der Waals surface area contributed by atoms with Crippen LogP contribution in [0.1, 0.15) is 39.0 Å². The molecule has 0 aromatic rings. The van der Waals surface area contributed by atoms with Crippen LogP contribution in [0, 0.1) is 11.8 Å². The molecule has 2 rings (SSSR count). The summed E-state index contributed by atoms with van der Waals surface area (Å²) in [4.78, 5) is 0. The van der Waals surface area contributed by atoms with Crippen LogP contribution in [0.3, 0.4) is 0 Å². The molecule has 2 heteroatoms. The molecule has 1 saturated carbocycles. The standard InChI is InChI=1S/C14H26OSi/c1-11-6-5-7-12-8-9-14(15,10-13(11)12)16(2,3)4/h6,12-13,15H,5,7-10H2,1-4H3/t12-,13+,14-/m1/s1. The summed E-state index contributed by atoms with van der Waals surface area (Å²) in [6, 6.07) is 0. The number of rotatable bonds is 1. The third-order valence-electron chi connectivity index (χ3n) is 5.04. The van der Waals surface area contributed by atoms with E-state index in [4.69, 9.17) is 0 Å². The van der Waals surface area contributed by atoms with Crippen LogP contribution >= 0.6 is 0 Å². The zero-order valence-corrected chi connectivity index (χ0v) is 12.2. The van der Waals surface area contributed by atoms with Crippen molar-refractivity contribution < 1.29 is 5.11 Å². The van der Waals surface area contributed by atoms with Crippen molar-refractivity contribution in [3.05, 3.63) is 11.6 Å². The molecule has 16 heavy (non-hydrogen) atoms. The van der Waals surface area contributed by atoms with Crippen molar-refractivity contribution in [1.29, 1.82) is 0 Å². The first-order valence-electron chi connectivity index (χ1n) is 6.72. The second-order valence-electron chi connectivity index (χ2n) is 6.92. The number of fused-ring (bicyclic) bond motifs is 1. The molecule has 1 fully saturated rings. The van der Waals surface area contributed by atoms with Gasteiger partial charge in [-0.05, 0) is 50.9 Å². The number of hydrogen-bond donors (Lipinski definition) is 1. The van der Waals surface area contributed by atoms with Gasteiger partial charge in [0.05, 0.1) is 13.3 Å². The predicted molar refractivity (Wildman–Crippen MR) is 72.1 cm³/mol. The molecule has 0 bridgehead atoms. The van der Waals surface area contributed by atoms with Gasteiger partial charge >= 0.3 is 0 Å². The van der Waals surface area contributed by atoms with Crippen LogP contribution in [0.2, 0.25) is 19.6 Å². The molecule has 0 unspecified atom stereocenters. The van der Waals surface area contributed by atoms with Crippen molar-refractivity contribution in [2.75, 3.05) is 0 Å². The lowest BCUT2D eigenvalue weighted by Gasteiger charge is -2.49. The quantitative estimate of drug-likeness (QED) is 0.545. The van der Waals surface area contributed by atoms with Crippen molar-refractivity contribution in [2.45, 2.75) is 63.9 Å². The monoisotopic (exact) mass is 238 g/mol. The van der Waals surface area contributed by atoms with Gasteiger partial charge in [0.25, 0.3) is 0 Å². The molecule has 2 aliphatic carbocycles. The first-order valence-corrected chi connectivity index (χ1v) is 10.2. The molecule has 0 aromatic heterocycles. The smallest absolute Gasteiger partial charge is 0.0820 e. The average Bonchev–Trinajstić information content (AvgIpc) is 2.18. The van der Waals surface area contributed by atoms with Crippen molar-refractivity contribution in [1.82, 2.24) is 0 Å². The van der Waals surface area contributed by atoms with E-state index in [9.17, 15) is 5.11 Å². The summed E-state index contributed by atoms with van der Waals surface area (Å²) in [6.07, 6.45) is 8.35. The molecular weight excluding hydrogens is 212 g/mol. The highest BCUT2D eigenvalue weighted by Gasteiger charge is 2.48. The van der Waals surface area contributed by atoms with Gasteiger partial charge in [0.15, 0.2) is 0 Å². The fourth-order valence-corrected chi connectivity index (χ4v) is 5.22. The van der Waals surface area contributed by atoms with Gasteiger partial charge in [-0.1, -0.05) is 31.3 Å². The van der Waals surface area contributed by atoms with Crippen molar-refractivity contribution in [2.24, 2.45) is 11.8 Å². The first-order chi connectivity index (χ1) is 7.33. The lowest BCUT2D eigenvalue weighted by atomic mass is 9.69. The molecule has 0 aromatic carbocycles. The van der Waals surface area contributed by atoms with Gasteiger partial charge in [0.1, 0.15) is 0 Å². The molecule has 0 aliphatic heterocycles. The molecule has 0 spiro atoms. The maximum Gasteiger partial charge on any atom is 0.0820 e. The summed E-state index contributed by atoms with van der Waals surface area (Å²) in [5.74, 6) is 1.54. The Morgan fingerprint density at radius 3 is 2.62 bits per heavy atom. The molecule has 0 heterocycles. The van der Waals surface area contributed by atoms with E-state index in [1.54, 1.807) is 5.57 Å². The SMILES string of the molecule is CC1=CCC[C@@H]2CC[C@@](O)([Si](C)(C)C)C[C@@H]12. The summed E-state index contributed by atoms with van der Waals surface area (Å²) < 4.78 is 0. The topological polar surface area (TPSA) is 20.2 Å². The van der Waals surface area contributed by atoms with Crippen molar-refractivity contribution in [3.63, 3.8) is 0 Å². The highest BCUT2D eigenvalue weighted by molar-refractivity contribution is 6.78. The summed E-state index contributed by atoms with van der Waals surface area (Å²) in [5.41, 5.74) is 1.55. The van der Waals surface area contributed by atoms with Crippen LogP contribution in [-0.2, 0) is 0 Å². The Balaban J connectivity index is 2.20. The van der Waals surface area contributed by atoms with Crippen molar-refractivity contribution >= 4 is 8.07 Å². The third kappa shape index (κ3) is 2.02. The highest BCUT2D eigenvalue weighted by Crippen LogP contribution is 2.47. The van der Waals surface area contributed by atoms with Gasteiger partial charge in [-0.15, -0.1) is 0 Å². The van der Waals surface area contributed by atoms with E-state index in [-0.39, 0.29) is 5.22 Å². The Morgan fingerprint density at radius 2 is 2.00 bits per heavy atom. The highest BCUT2D eigenvalue weighted by atomic mass is 28.3. The van der Waals surface area contributed by atoms with E-state index in [0.717, 1.165) is 18.8 Å². The van der Waals surface area contributed by atoms with E-state index < -0.39 is 8.07 Å². The molecule has 0 radical (unpaired) electrons. The maximum atomic E-state index is 10.9. The Morgan fingerprint density at radius 1 is 1.31 bits per heavy atom. The maximum absolute atomic E-state index is 10.9. The minimum atomic E-state index is -1.46. The van der Waals surface area contributed by atoms with E-state index in [1.807, 2.05) is 0 Å². The average molecular weight is 238 g/mol. The molecule has 92 valence electrons. The van der Waals surface area contributed by atoms with Crippen LogP contribution in [0.25, 0.3) is 0 Å². The predicted octanol–water partition coefficient (Wildman–Crippen LogP) is 3.75. The summed E-state index contributed by atoms with van der Waals surface area (Å²) >= 11 is 0. The van der Waals surface area contributed by atoms with Gasteiger partial charge < -0.3 is 5.11 Å². The normalized spacial score (nSPS) is 40.2. The molecule has 2 aliphatic rings. The van der Waals surface area contributed by atoms with E-state index >= 15 is 0 Å². The van der Waals surface area contributed by atoms with Crippen LogP contribution < -0.4 is 0 Å². The number of allylic oxidation sites excluding steroid dienone is 2. The lowest BCUT2D eigenvalue weighted by molar-refractivity contribution is 0.0291. The number of hydrogen-bond acceptors (Lipinski definition) is 1. The third-order valence-corrected chi connectivity index (χ3v) is 8.29. The van der Waals surface area contributed by atoms with E-state index in [1.165, 1.54) is 19.3 Å².